The molecule has 0 radical (unpaired) electrons. The van der Waals surface area contributed by atoms with Gasteiger partial charge < -0.3 is 47.9 Å². The van der Waals surface area contributed by atoms with E-state index in [1.165, 1.54) is 6.92 Å². The van der Waals surface area contributed by atoms with Crippen LogP contribution in [0.4, 0.5) is 0 Å². The molecular weight excluding hydrogens is 883 g/mol. The van der Waals surface area contributed by atoms with Gasteiger partial charge in [0.2, 0.25) is 5.91 Å². The molecule has 0 unspecified atom stereocenters. The lowest BCUT2D eigenvalue weighted by Crippen LogP contribution is -2.68. The lowest BCUT2D eigenvalue weighted by molar-refractivity contribution is -0.356. The van der Waals surface area contributed by atoms with Gasteiger partial charge in [-0.05, 0) is 39.8 Å². The Labute approximate surface area is 412 Å². The highest BCUT2D eigenvalue weighted by Gasteiger charge is 2.54. The van der Waals surface area contributed by atoms with Crippen molar-refractivity contribution >= 4 is 5.91 Å². The first kappa shape index (κ1) is 50.6. The summed E-state index contributed by atoms with van der Waals surface area (Å²) >= 11 is 0. The molecule has 2 fully saturated rings. The average molecular weight is 948 g/mol. The quantitative estimate of drug-likeness (QED) is 0.0557. The summed E-state index contributed by atoms with van der Waals surface area (Å²) in [7, 11) is 0. The first-order valence-corrected chi connectivity index (χ1v) is 24.2. The van der Waals surface area contributed by atoms with Gasteiger partial charge in [-0.2, -0.15) is 0 Å². The third kappa shape index (κ3) is 14.8. The van der Waals surface area contributed by atoms with Crippen molar-refractivity contribution in [2.75, 3.05) is 13.2 Å². The van der Waals surface area contributed by atoms with Gasteiger partial charge in [0.1, 0.15) is 42.7 Å². The van der Waals surface area contributed by atoms with E-state index in [9.17, 15) is 4.79 Å². The van der Waals surface area contributed by atoms with Gasteiger partial charge in [-0.25, -0.2) is 0 Å². The minimum absolute atomic E-state index is 0.133. The van der Waals surface area contributed by atoms with E-state index >= 15 is 0 Å². The monoisotopic (exact) mass is 947 g/mol. The summed E-state index contributed by atoms with van der Waals surface area (Å²) in [5, 5.41) is 3.18. The van der Waals surface area contributed by atoms with Crippen molar-refractivity contribution in [2.45, 2.75) is 114 Å². The number of rotatable bonds is 25. The maximum absolute atomic E-state index is 13.1. The van der Waals surface area contributed by atoms with E-state index in [2.05, 4.69) is 11.9 Å². The second kappa shape index (κ2) is 27.0. The minimum Gasteiger partial charge on any atom is -0.374 e. The Balaban J connectivity index is 1.19. The van der Waals surface area contributed by atoms with Crippen LogP contribution >= 0.6 is 0 Å². The van der Waals surface area contributed by atoms with E-state index < -0.39 is 61.2 Å². The number of carbonyl (C=O) groups is 1. The van der Waals surface area contributed by atoms with Gasteiger partial charge in [-0.3, -0.25) is 4.79 Å². The zero-order valence-electron chi connectivity index (χ0n) is 39.8. The molecular formula is C59H65NO10. The zero-order valence-corrected chi connectivity index (χ0v) is 39.8. The molecule has 1 N–H and O–H groups in total. The van der Waals surface area contributed by atoms with Gasteiger partial charge in [0.05, 0.1) is 65.0 Å². The molecule has 0 spiro atoms. The van der Waals surface area contributed by atoms with Crippen LogP contribution in [0.15, 0.2) is 195 Å². The van der Waals surface area contributed by atoms with Crippen LogP contribution in [0.1, 0.15) is 46.7 Å². The van der Waals surface area contributed by atoms with Gasteiger partial charge in [0.15, 0.2) is 6.29 Å². The second-order valence-electron chi connectivity index (χ2n) is 17.7. The fraction of sp³-hybridized carbons (Fsp3) is 0.339. The standard InChI is InChI=1S/C59H65NO10/c1-3-22-50-53(60-43(2)61)56(65-38-47-29-16-7-17-30-47)55(52(68-50)42-63-36-45-25-12-5-13-26-45)70-59-58(67-40-49-33-20-9-21-34-49)57(66-39-48-31-18-8-19-32-48)54(64-37-46-27-14-6-15-28-46)51(69-59)41-62-35-44-23-10-4-11-24-44/h3-21,23-34,50-59H,1,22,35-42H2,2H3,(H,60,61)/t50-,51-,52-,53+,54+,55-,56-,57+,58-,59+/m1/s1. The van der Waals surface area contributed by atoms with Crippen molar-refractivity contribution in [2.24, 2.45) is 0 Å². The number of nitrogens with one attached hydrogen (secondary N) is 1. The first-order chi connectivity index (χ1) is 34.5. The lowest BCUT2D eigenvalue weighted by Gasteiger charge is -2.50. The normalized spacial score (nSPS) is 24.4. The van der Waals surface area contributed by atoms with E-state index in [-0.39, 0.29) is 45.5 Å². The van der Waals surface area contributed by atoms with Crippen LogP contribution < -0.4 is 5.32 Å². The fourth-order valence-electron chi connectivity index (χ4n) is 8.93. The van der Waals surface area contributed by atoms with Crippen LogP contribution in [-0.4, -0.2) is 80.3 Å². The van der Waals surface area contributed by atoms with Gasteiger partial charge in [0.25, 0.3) is 0 Å². The molecule has 8 rings (SSSR count). The first-order valence-electron chi connectivity index (χ1n) is 24.2. The highest BCUT2D eigenvalue weighted by atomic mass is 16.7. The van der Waals surface area contributed by atoms with E-state index in [1.54, 1.807) is 6.08 Å². The molecule has 2 heterocycles. The van der Waals surface area contributed by atoms with E-state index in [0.29, 0.717) is 19.6 Å². The summed E-state index contributed by atoms with van der Waals surface area (Å²) in [6, 6.07) is 59.3. The van der Waals surface area contributed by atoms with Gasteiger partial charge in [0, 0.05) is 6.92 Å². The predicted octanol–water partition coefficient (Wildman–Crippen LogP) is 9.72. The van der Waals surface area contributed by atoms with Crippen LogP contribution in [-0.2, 0) is 87.1 Å². The smallest absolute Gasteiger partial charge is 0.217 e. The highest BCUT2D eigenvalue weighted by Crippen LogP contribution is 2.36. The molecule has 0 bridgehead atoms. The molecule has 70 heavy (non-hydrogen) atoms. The maximum atomic E-state index is 13.1. The molecule has 366 valence electrons. The molecule has 1 amide bonds. The molecule has 0 aromatic heterocycles. The van der Waals surface area contributed by atoms with Crippen molar-refractivity contribution in [3.8, 4) is 0 Å². The maximum Gasteiger partial charge on any atom is 0.217 e. The zero-order chi connectivity index (χ0) is 48.2. The average Bonchev–Trinajstić information content (AvgIpc) is 3.40. The van der Waals surface area contributed by atoms with Gasteiger partial charge >= 0.3 is 0 Å². The van der Waals surface area contributed by atoms with Crippen LogP contribution in [0.3, 0.4) is 0 Å². The molecule has 2 saturated heterocycles. The summed E-state index contributed by atoms with van der Waals surface area (Å²) in [4.78, 5) is 13.1. The Morgan fingerprint density at radius 2 is 0.814 bits per heavy atom. The molecule has 10 atom stereocenters. The molecule has 11 heteroatoms. The van der Waals surface area contributed by atoms with Crippen LogP contribution in [0.5, 0.6) is 0 Å². The Bertz CT molecular complexity index is 2400. The SMILES string of the molecule is C=CC[C@H]1O[C@H](COCc2ccccc2)[C@@H](O[C@@H]2O[C@H](COCc3ccccc3)[C@H](OCc3ccccc3)[C@H](OCc3ccccc3)[C@H]2OCc2ccccc2)[C@H](OCc2ccccc2)[C@H]1NC(C)=O. The third-order valence-electron chi connectivity index (χ3n) is 12.4. The van der Waals surface area contributed by atoms with Crippen LogP contribution in [0, 0.1) is 0 Å². The Hall–Kier alpha value is -5.83. The molecule has 0 saturated carbocycles. The van der Waals surface area contributed by atoms with Crippen molar-refractivity contribution in [3.05, 3.63) is 228 Å². The molecule has 2 aliphatic heterocycles. The Kier molecular flexibility index (Phi) is 19.5. The number of benzene rings is 6. The molecule has 0 aliphatic carbocycles. The molecule has 2 aliphatic rings. The summed E-state index contributed by atoms with van der Waals surface area (Å²) < 4.78 is 62.6. The van der Waals surface area contributed by atoms with Gasteiger partial charge in [-0.15, -0.1) is 6.58 Å². The minimum atomic E-state index is -1.10. The summed E-state index contributed by atoms with van der Waals surface area (Å²) in [6.07, 6.45) is -4.80. The Morgan fingerprint density at radius 1 is 0.457 bits per heavy atom. The van der Waals surface area contributed by atoms with Crippen molar-refractivity contribution in [1.82, 2.24) is 5.32 Å². The van der Waals surface area contributed by atoms with E-state index in [1.807, 2.05) is 182 Å². The number of hydrogen-bond donors (Lipinski definition) is 1. The number of carbonyl (C=O) groups excluding carboxylic acids is 1. The summed E-state index contributed by atoms with van der Waals surface area (Å²) in [5.41, 5.74) is 5.89. The number of hydrogen-bond acceptors (Lipinski definition) is 10. The van der Waals surface area contributed by atoms with E-state index in [4.69, 9.17) is 42.6 Å². The van der Waals surface area contributed by atoms with Crippen molar-refractivity contribution in [3.63, 3.8) is 0 Å². The second-order valence-corrected chi connectivity index (χ2v) is 17.7. The Morgan fingerprint density at radius 3 is 1.21 bits per heavy atom. The van der Waals surface area contributed by atoms with Crippen molar-refractivity contribution < 1.29 is 47.4 Å². The number of amides is 1. The van der Waals surface area contributed by atoms with Crippen molar-refractivity contribution in [1.29, 1.82) is 0 Å². The lowest BCUT2D eigenvalue weighted by atomic mass is 9.90. The number of ether oxygens (including phenoxy) is 9. The highest BCUT2D eigenvalue weighted by molar-refractivity contribution is 5.73. The molecule has 6 aromatic carbocycles. The summed E-state index contributed by atoms with van der Waals surface area (Å²) in [5.74, 6) is -0.241. The largest absolute Gasteiger partial charge is 0.374 e. The van der Waals surface area contributed by atoms with Crippen LogP contribution in [0.25, 0.3) is 0 Å². The van der Waals surface area contributed by atoms with Gasteiger partial charge in [-0.1, -0.05) is 188 Å². The van der Waals surface area contributed by atoms with E-state index in [0.717, 1.165) is 33.4 Å². The fourth-order valence-corrected chi connectivity index (χ4v) is 8.93. The topological polar surface area (TPSA) is 112 Å². The predicted molar refractivity (Wildman–Crippen MR) is 267 cm³/mol. The summed E-state index contributed by atoms with van der Waals surface area (Å²) in [6.45, 7) is 7.48. The third-order valence-corrected chi connectivity index (χ3v) is 12.4. The molecule has 11 nitrogen and oxygen atoms in total. The molecule has 6 aromatic rings. The van der Waals surface area contributed by atoms with Crippen LogP contribution in [0.2, 0.25) is 0 Å².